The molecular formula is C34H40F2N10O12P2S. The van der Waals surface area contributed by atoms with E-state index in [4.69, 9.17) is 48.7 Å². The molecule has 7 heterocycles. The van der Waals surface area contributed by atoms with Gasteiger partial charge in [0.05, 0.1) is 31.3 Å². The molecule has 27 heteroatoms. The van der Waals surface area contributed by atoms with Crippen molar-refractivity contribution in [1.82, 2.24) is 39.0 Å². The lowest BCUT2D eigenvalue weighted by molar-refractivity contribution is -0.159. The Morgan fingerprint density at radius 1 is 0.869 bits per heavy atom. The Hall–Kier alpha value is -4.42. The zero-order valence-electron chi connectivity index (χ0n) is 32.5. The van der Waals surface area contributed by atoms with E-state index >= 15 is 8.78 Å². The molecule has 61 heavy (non-hydrogen) atoms. The second-order valence-corrected chi connectivity index (χ2v) is 20.9. The number of nitrogens with two attached hydrogens (primary N) is 2. The van der Waals surface area contributed by atoms with Crippen molar-refractivity contribution in [2.75, 3.05) is 37.8 Å². The van der Waals surface area contributed by atoms with Gasteiger partial charge in [0.1, 0.15) is 60.2 Å². The van der Waals surface area contributed by atoms with E-state index in [0.29, 0.717) is 22.7 Å². The summed E-state index contributed by atoms with van der Waals surface area (Å²) in [6, 6.07) is 6.48. The van der Waals surface area contributed by atoms with E-state index in [0.717, 1.165) is 12.7 Å². The van der Waals surface area contributed by atoms with Gasteiger partial charge in [0.25, 0.3) is 0 Å². The first-order chi connectivity index (χ1) is 29.0. The Balaban J connectivity index is 1.07. The number of imidazole rings is 2. The van der Waals surface area contributed by atoms with Gasteiger partial charge in [0.2, 0.25) is 6.79 Å². The van der Waals surface area contributed by atoms with Gasteiger partial charge in [-0.15, -0.1) is 0 Å². The Morgan fingerprint density at radius 2 is 1.43 bits per heavy atom. The minimum Gasteiger partial charge on any atom is -0.457 e. The number of nitrogens with zero attached hydrogens (tertiary/aromatic N) is 8. The van der Waals surface area contributed by atoms with Crippen LogP contribution < -0.4 is 16.2 Å². The summed E-state index contributed by atoms with van der Waals surface area (Å²) in [6.45, 7) is -1.20. The summed E-state index contributed by atoms with van der Waals surface area (Å²) in [7, 11) is -4.72. The minimum absolute atomic E-state index is 0.0159. The van der Waals surface area contributed by atoms with E-state index < -0.39 is 94.6 Å². The molecule has 0 amide bonds. The Bertz CT molecular complexity index is 2500. The fourth-order valence-corrected chi connectivity index (χ4v) is 10.8. The third kappa shape index (κ3) is 9.08. The topological polar surface area (TPSA) is 285 Å². The van der Waals surface area contributed by atoms with Gasteiger partial charge in [-0.05, 0) is 49.8 Å². The molecule has 0 spiro atoms. The number of fused-ring (bicyclic) bond motifs is 4. The van der Waals surface area contributed by atoms with Crippen molar-refractivity contribution in [2.45, 2.75) is 75.7 Å². The van der Waals surface area contributed by atoms with Crippen molar-refractivity contribution in [3.63, 3.8) is 0 Å². The lowest BCUT2D eigenvalue weighted by Gasteiger charge is -2.26. The van der Waals surface area contributed by atoms with Crippen molar-refractivity contribution in [3.8, 4) is 5.75 Å². The molecule has 3 fully saturated rings. The number of carbonyl (C=O) groups is 1. The molecular weight excluding hydrogens is 872 g/mol. The van der Waals surface area contributed by atoms with Crippen LogP contribution >= 0.6 is 25.8 Å². The Kier molecular flexibility index (Phi) is 12.1. The van der Waals surface area contributed by atoms with Crippen molar-refractivity contribution in [2.24, 2.45) is 5.41 Å². The number of rotatable bonds is 8. The van der Waals surface area contributed by atoms with Crippen LogP contribution in [0.25, 0.3) is 22.3 Å². The number of alkyl halides is 2. The molecule has 0 bridgehead atoms. The van der Waals surface area contributed by atoms with Gasteiger partial charge < -0.3 is 44.6 Å². The van der Waals surface area contributed by atoms with Crippen LogP contribution in [0.2, 0.25) is 0 Å². The number of anilines is 2. The molecule has 4 aromatic heterocycles. The van der Waals surface area contributed by atoms with Crippen LogP contribution in [0, 0.1) is 5.41 Å². The van der Waals surface area contributed by atoms with Gasteiger partial charge in [-0.3, -0.25) is 27.5 Å². The van der Waals surface area contributed by atoms with E-state index in [1.54, 1.807) is 45.0 Å². The van der Waals surface area contributed by atoms with Crippen LogP contribution in [-0.4, -0.2) is 113 Å². The van der Waals surface area contributed by atoms with Gasteiger partial charge in [-0.25, -0.2) is 43.2 Å². The molecule has 3 aliphatic heterocycles. The standard InChI is InChI=1S/C34H40F2N10O12P2S/c1-34(2,3)33(47)52-15-51-18-6-4-17(5-7-18)10-61-60(50)55-9-19-25(21(35)31(56-19)45-13-43-23-27(37)39-11-41-29(23)45)53-16-59(48,49)54-8-20-26(58-60)22(36)32(57-20)46-14-44-24-28(38)40-12-42-30(24)46/h4-7,11-14,19-22,25-26,31-32H,8-10,15-16H2,1-3H3,(H,48,49)(H2,37,39,41)(H2,38,40,42)/t19-,20-,21-,22-,25-,26-,31-,32-,60?/m1/s1. The van der Waals surface area contributed by atoms with Gasteiger partial charge >= 0.3 is 20.4 Å². The smallest absolute Gasteiger partial charge is 0.389 e. The van der Waals surface area contributed by atoms with Crippen LogP contribution in [0.15, 0.2) is 49.6 Å². The molecule has 2 unspecified atom stereocenters. The van der Waals surface area contributed by atoms with Crippen molar-refractivity contribution < 1.29 is 64.9 Å². The highest BCUT2D eigenvalue weighted by atomic mass is 32.7. The molecule has 3 aliphatic rings. The molecule has 1 aromatic carbocycles. The number of esters is 1. The van der Waals surface area contributed by atoms with Gasteiger partial charge in [0, 0.05) is 5.75 Å². The fourth-order valence-electron chi connectivity index (χ4n) is 6.56. The Morgan fingerprint density at radius 3 is 2.02 bits per heavy atom. The summed E-state index contributed by atoms with van der Waals surface area (Å²) in [4.78, 5) is 47.4. The number of aromatic nitrogens is 8. The highest BCUT2D eigenvalue weighted by Gasteiger charge is 2.54. The number of carbonyl (C=O) groups excluding carboxylic acids is 1. The second-order valence-electron chi connectivity index (χ2n) is 15.1. The first-order valence-electron chi connectivity index (χ1n) is 18.5. The maximum Gasteiger partial charge on any atom is 0.389 e. The molecule has 0 aliphatic carbocycles. The number of ether oxygens (including phenoxy) is 5. The second kappa shape index (κ2) is 17.0. The molecule has 0 radical (unpaired) electrons. The maximum absolute atomic E-state index is 16.8. The van der Waals surface area contributed by atoms with Crippen LogP contribution in [-0.2, 0) is 52.2 Å². The summed E-state index contributed by atoms with van der Waals surface area (Å²) in [5.74, 6) is -0.0762. The number of benzene rings is 1. The molecule has 10 atom stereocenters. The average Bonchev–Trinajstić information content (AvgIpc) is 3.99. The van der Waals surface area contributed by atoms with Gasteiger partial charge in [-0.1, -0.05) is 12.1 Å². The van der Waals surface area contributed by atoms with E-state index in [-0.39, 0.29) is 46.5 Å². The first-order valence-corrected chi connectivity index (χ1v) is 23.4. The summed E-state index contributed by atoms with van der Waals surface area (Å²) in [5, 5.41) is 0. The van der Waals surface area contributed by atoms with Gasteiger partial charge in [-0.2, -0.15) is 0 Å². The van der Waals surface area contributed by atoms with Crippen LogP contribution in [0.4, 0.5) is 20.4 Å². The third-order valence-corrected chi connectivity index (χ3v) is 14.4. The predicted octanol–water partition coefficient (Wildman–Crippen LogP) is 4.23. The molecule has 3 saturated heterocycles. The zero-order valence-corrected chi connectivity index (χ0v) is 35.1. The highest BCUT2D eigenvalue weighted by molar-refractivity contribution is 8.54. The summed E-state index contributed by atoms with van der Waals surface area (Å²) in [5.41, 5.74) is 12.3. The van der Waals surface area contributed by atoms with E-state index in [9.17, 15) is 18.8 Å². The number of nitrogen functional groups attached to an aromatic ring is 2. The van der Waals surface area contributed by atoms with Crippen molar-refractivity contribution in [3.05, 3.63) is 55.1 Å². The molecule has 5 N–H and O–H groups in total. The molecule has 5 aromatic rings. The first kappa shape index (κ1) is 43.2. The lowest BCUT2D eigenvalue weighted by atomic mass is 9.98. The Labute approximate surface area is 348 Å². The number of halogens is 2. The molecule has 0 saturated carbocycles. The fraction of sp³-hybridized carbons (Fsp3) is 0.500. The molecule has 328 valence electrons. The molecule has 8 rings (SSSR count). The quantitative estimate of drug-likeness (QED) is 0.112. The monoisotopic (exact) mass is 912 g/mol. The lowest BCUT2D eigenvalue weighted by Crippen LogP contribution is -2.35. The van der Waals surface area contributed by atoms with E-state index in [1.165, 1.54) is 21.8 Å². The van der Waals surface area contributed by atoms with E-state index in [2.05, 4.69) is 29.9 Å². The summed E-state index contributed by atoms with van der Waals surface area (Å²) >= 11 is 0.671. The molecule has 22 nitrogen and oxygen atoms in total. The average molecular weight is 913 g/mol. The third-order valence-electron chi connectivity index (χ3n) is 9.72. The van der Waals surface area contributed by atoms with Crippen LogP contribution in [0.5, 0.6) is 5.75 Å². The largest absolute Gasteiger partial charge is 0.457 e. The number of hydrogen-bond acceptors (Lipinski definition) is 20. The summed E-state index contributed by atoms with van der Waals surface area (Å²) in [6.07, 6.45) is -9.70. The number of hydrogen-bond donors (Lipinski definition) is 3. The van der Waals surface area contributed by atoms with Crippen molar-refractivity contribution >= 4 is 65.7 Å². The van der Waals surface area contributed by atoms with Crippen LogP contribution in [0.3, 0.4) is 0 Å². The van der Waals surface area contributed by atoms with Crippen LogP contribution in [0.1, 0.15) is 38.8 Å². The summed E-state index contributed by atoms with van der Waals surface area (Å²) < 4.78 is 110. The highest BCUT2D eigenvalue weighted by Crippen LogP contribution is 2.64. The normalized spacial score (nSPS) is 31.2. The SMILES string of the molecule is CC(C)(C)C(=O)OCOc1ccc(CSP2(=O)OC[C@H]3O[C@@H](n4cnc5c(N)ncnc54)[C@H](F)[C@@H]3OCP(=O)(O)OC[C@H]3O[C@@H](n4cnc5c(N)ncnc54)[C@H](F)[C@@H]3O2)cc1. The van der Waals surface area contributed by atoms with Gasteiger partial charge in [0.15, 0.2) is 47.7 Å². The maximum atomic E-state index is 16.8. The van der Waals surface area contributed by atoms with E-state index in [1.807, 2.05) is 0 Å². The predicted molar refractivity (Wildman–Crippen MR) is 210 cm³/mol. The zero-order chi connectivity index (χ0) is 43.3. The van der Waals surface area contributed by atoms with Crippen molar-refractivity contribution in [1.29, 1.82) is 0 Å². The minimum atomic E-state index is -4.72.